The molecule has 0 spiro atoms. The molecule has 9 nitrogen and oxygen atoms in total. The van der Waals surface area contributed by atoms with Crippen LogP contribution in [0, 0.1) is 24.0 Å². The van der Waals surface area contributed by atoms with Gasteiger partial charge in [0.05, 0.1) is 10.6 Å². The summed E-state index contributed by atoms with van der Waals surface area (Å²) in [6.45, 7) is 3.76. The molecular weight excluding hydrogens is 388 g/mol. The topological polar surface area (TPSA) is 127 Å². The number of nitrogens with zero attached hydrogens (tertiary/aromatic N) is 3. The van der Waals surface area contributed by atoms with Crippen molar-refractivity contribution in [3.05, 3.63) is 63.5 Å². The van der Waals surface area contributed by atoms with Crippen molar-refractivity contribution in [1.29, 1.82) is 0 Å². The summed E-state index contributed by atoms with van der Waals surface area (Å²) in [5.41, 5.74) is 3.01. The van der Waals surface area contributed by atoms with Crippen molar-refractivity contribution in [2.75, 3.05) is 0 Å². The highest BCUT2D eigenvalue weighted by atomic mass is 16.6. The van der Waals surface area contributed by atoms with Gasteiger partial charge in [-0.1, -0.05) is 24.3 Å². The van der Waals surface area contributed by atoms with Crippen LogP contribution in [-0.2, 0) is 9.59 Å². The zero-order valence-electron chi connectivity index (χ0n) is 16.9. The first-order valence-corrected chi connectivity index (χ1v) is 9.77. The average molecular weight is 412 g/mol. The van der Waals surface area contributed by atoms with Crippen molar-refractivity contribution in [2.24, 2.45) is 0 Å². The Hall–Kier alpha value is -3.49. The van der Waals surface area contributed by atoms with Crippen molar-refractivity contribution in [3.8, 4) is 5.69 Å². The summed E-state index contributed by atoms with van der Waals surface area (Å²) in [4.78, 5) is 33.6. The summed E-state index contributed by atoms with van der Waals surface area (Å²) in [5, 5.41) is 27.5. The van der Waals surface area contributed by atoms with E-state index < -0.39 is 10.9 Å². The van der Waals surface area contributed by atoms with E-state index in [1.165, 1.54) is 6.07 Å². The van der Waals surface area contributed by atoms with E-state index in [0.29, 0.717) is 18.5 Å². The van der Waals surface area contributed by atoms with Crippen LogP contribution in [0.25, 0.3) is 5.69 Å². The van der Waals surface area contributed by atoms with Crippen LogP contribution >= 0.6 is 0 Å². The predicted octanol–water partition coefficient (Wildman–Crippen LogP) is 3.18. The molecule has 0 fully saturated rings. The minimum absolute atomic E-state index is 0.0110. The normalized spacial score (nSPS) is 17.8. The smallest absolute Gasteiger partial charge is 0.303 e. The van der Waals surface area contributed by atoms with Gasteiger partial charge in [0.1, 0.15) is 5.69 Å². The lowest BCUT2D eigenvalue weighted by molar-refractivity contribution is -0.384. The monoisotopic (exact) mass is 412 g/mol. The third-order valence-electron chi connectivity index (χ3n) is 5.25. The summed E-state index contributed by atoms with van der Waals surface area (Å²) in [5.74, 6) is -1.05. The highest BCUT2D eigenvalue weighted by Crippen LogP contribution is 2.35. The molecule has 1 heterocycles. The summed E-state index contributed by atoms with van der Waals surface area (Å²) < 4.78 is 1.61. The average Bonchev–Trinajstić information content (AvgIpc) is 3.24. The Morgan fingerprint density at radius 3 is 2.70 bits per heavy atom. The van der Waals surface area contributed by atoms with Crippen molar-refractivity contribution in [3.63, 3.8) is 0 Å². The molecule has 0 aliphatic heterocycles. The van der Waals surface area contributed by atoms with E-state index in [0.717, 1.165) is 17.0 Å². The third-order valence-corrected chi connectivity index (χ3v) is 5.25. The Morgan fingerprint density at radius 2 is 2.00 bits per heavy atom. The number of nitro groups is 1. The largest absolute Gasteiger partial charge is 0.481 e. The second kappa shape index (κ2) is 8.89. The van der Waals surface area contributed by atoms with Crippen molar-refractivity contribution < 1.29 is 19.6 Å². The van der Waals surface area contributed by atoms with Gasteiger partial charge in [0.2, 0.25) is 5.91 Å². The Balaban J connectivity index is 1.73. The number of aromatic nitrogens is 2. The fourth-order valence-electron chi connectivity index (χ4n) is 3.92. The number of amides is 1. The van der Waals surface area contributed by atoms with Crippen LogP contribution in [0.5, 0.6) is 0 Å². The molecule has 158 valence electrons. The molecule has 30 heavy (non-hydrogen) atoms. The summed E-state index contributed by atoms with van der Waals surface area (Å²) in [6, 6.07) is 6.35. The van der Waals surface area contributed by atoms with E-state index in [2.05, 4.69) is 10.4 Å². The number of benzene rings is 1. The number of hydrogen-bond acceptors (Lipinski definition) is 5. The summed E-state index contributed by atoms with van der Waals surface area (Å²) in [6.07, 6.45) is 5.06. The molecule has 0 saturated carbocycles. The maximum absolute atomic E-state index is 12.0. The Labute approximate surface area is 173 Å². The van der Waals surface area contributed by atoms with Crippen LogP contribution in [0.4, 0.5) is 5.69 Å². The van der Waals surface area contributed by atoms with E-state index in [9.17, 15) is 19.7 Å². The molecule has 2 atom stereocenters. The second-order valence-electron chi connectivity index (χ2n) is 7.39. The van der Waals surface area contributed by atoms with Gasteiger partial charge in [0.15, 0.2) is 0 Å². The number of carbonyl (C=O) groups is 2. The van der Waals surface area contributed by atoms with Gasteiger partial charge in [-0.3, -0.25) is 19.7 Å². The van der Waals surface area contributed by atoms with Crippen LogP contribution in [0.3, 0.4) is 0 Å². The number of carboxylic acid groups (broad SMARTS) is 1. The van der Waals surface area contributed by atoms with Crippen molar-refractivity contribution >= 4 is 17.6 Å². The van der Waals surface area contributed by atoms with E-state index in [1.807, 2.05) is 26.0 Å². The number of aryl methyl sites for hydroxylation is 1. The van der Waals surface area contributed by atoms with Crippen molar-refractivity contribution in [1.82, 2.24) is 15.1 Å². The molecule has 0 saturated heterocycles. The van der Waals surface area contributed by atoms with Gasteiger partial charge in [-0.25, -0.2) is 4.68 Å². The lowest BCUT2D eigenvalue weighted by Gasteiger charge is -2.15. The molecule has 9 heteroatoms. The van der Waals surface area contributed by atoms with Gasteiger partial charge in [0, 0.05) is 42.1 Å². The first-order chi connectivity index (χ1) is 14.3. The maximum Gasteiger partial charge on any atom is 0.303 e. The van der Waals surface area contributed by atoms with Crippen LogP contribution in [0.15, 0.2) is 36.4 Å². The lowest BCUT2D eigenvalue weighted by atomic mass is 9.96. The Morgan fingerprint density at radius 1 is 1.27 bits per heavy atom. The molecule has 0 unspecified atom stereocenters. The van der Waals surface area contributed by atoms with Gasteiger partial charge in [-0.2, -0.15) is 5.10 Å². The quantitative estimate of drug-likeness (QED) is 0.389. The first kappa shape index (κ1) is 21.2. The molecule has 2 N–H and O–H groups in total. The zero-order valence-corrected chi connectivity index (χ0v) is 16.9. The molecule has 1 aliphatic rings. The lowest BCUT2D eigenvalue weighted by Crippen LogP contribution is -2.32. The fraction of sp³-hybridized carbons (Fsp3) is 0.381. The van der Waals surface area contributed by atoms with Crippen LogP contribution < -0.4 is 5.32 Å². The number of carbonyl (C=O) groups excluding carboxylic acids is 1. The highest BCUT2D eigenvalue weighted by Gasteiger charge is 2.28. The minimum atomic E-state index is -0.912. The number of rotatable bonds is 8. The molecule has 1 aromatic carbocycles. The number of carboxylic acids is 1. The number of hydrogen-bond donors (Lipinski definition) is 2. The minimum Gasteiger partial charge on any atom is -0.481 e. The number of nitrogens with one attached hydrogen (secondary N) is 1. The molecule has 0 bridgehead atoms. The molecule has 2 aromatic rings. The Kier molecular flexibility index (Phi) is 6.29. The van der Waals surface area contributed by atoms with Gasteiger partial charge < -0.3 is 10.4 Å². The first-order valence-electron chi connectivity index (χ1n) is 9.77. The van der Waals surface area contributed by atoms with Crippen LogP contribution in [0.1, 0.15) is 48.6 Å². The molecule has 1 amide bonds. The van der Waals surface area contributed by atoms with E-state index in [1.54, 1.807) is 22.9 Å². The molecule has 3 rings (SSSR count). The summed E-state index contributed by atoms with van der Waals surface area (Å²) in [7, 11) is 0. The standard InChI is InChI=1S/C21H24N4O5/c1-13-21(14(2)24(23-13)17-6-3-4-7-18(17)25(29)30)15-10-11-16(12-15)22-19(26)8-5-9-20(27)28/h3-4,6-7,10-11,15-16H,5,8-9,12H2,1-2H3,(H,22,26)(H,27,28)/t15-,16-/m1/s1. The fourth-order valence-corrected chi connectivity index (χ4v) is 3.92. The molecular formula is C21H24N4O5. The number of para-hydroxylation sites is 2. The maximum atomic E-state index is 12.0. The molecule has 1 aromatic heterocycles. The Bertz CT molecular complexity index is 1010. The second-order valence-corrected chi connectivity index (χ2v) is 7.39. The predicted molar refractivity (Wildman–Crippen MR) is 110 cm³/mol. The van der Waals surface area contributed by atoms with Crippen LogP contribution in [0.2, 0.25) is 0 Å². The molecule has 0 radical (unpaired) electrons. The van der Waals surface area contributed by atoms with Gasteiger partial charge in [-0.05, 0) is 32.8 Å². The highest BCUT2D eigenvalue weighted by molar-refractivity contribution is 5.77. The number of aliphatic carboxylic acids is 1. The van der Waals surface area contributed by atoms with Crippen molar-refractivity contribution in [2.45, 2.75) is 51.5 Å². The van der Waals surface area contributed by atoms with E-state index in [4.69, 9.17) is 5.11 Å². The summed E-state index contributed by atoms with van der Waals surface area (Å²) >= 11 is 0. The van der Waals surface area contributed by atoms with Crippen LogP contribution in [-0.4, -0.2) is 37.7 Å². The molecule has 1 aliphatic carbocycles. The number of nitro benzene ring substituents is 1. The van der Waals surface area contributed by atoms with E-state index >= 15 is 0 Å². The zero-order chi connectivity index (χ0) is 21.8. The van der Waals surface area contributed by atoms with Gasteiger partial charge in [0.25, 0.3) is 5.69 Å². The van der Waals surface area contributed by atoms with Gasteiger partial charge >= 0.3 is 5.97 Å². The SMILES string of the molecule is Cc1nn(-c2ccccc2[N+](=O)[O-])c(C)c1[C@@H]1C=C[C@@H](NC(=O)CCCC(=O)O)C1. The third kappa shape index (κ3) is 4.56. The van der Waals surface area contributed by atoms with Gasteiger partial charge in [-0.15, -0.1) is 0 Å². The van der Waals surface area contributed by atoms with E-state index in [-0.39, 0.29) is 36.4 Å². The number of allylic oxidation sites excluding steroid dienone is 1.